The lowest BCUT2D eigenvalue weighted by Gasteiger charge is -2.41. The van der Waals surface area contributed by atoms with Gasteiger partial charge in [-0.2, -0.15) is 0 Å². The molecule has 1 aliphatic heterocycles. The van der Waals surface area contributed by atoms with E-state index in [0.717, 1.165) is 9.80 Å². The van der Waals surface area contributed by atoms with Gasteiger partial charge in [0.15, 0.2) is 0 Å². The van der Waals surface area contributed by atoms with E-state index in [1.165, 1.54) is 80.8 Å². The third kappa shape index (κ3) is 22.7. The first-order valence-corrected chi connectivity index (χ1v) is 32.1. The third-order valence-electron chi connectivity index (χ3n) is 16.8. The Morgan fingerprint density at radius 3 is 1.40 bits per heavy atom. The lowest BCUT2D eigenvalue weighted by molar-refractivity contribution is -0.157. The zero-order chi connectivity index (χ0) is 68.1. The maximum Gasteiger partial charge on any atom is 0.246 e. The second-order valence-electron chi connectivity index (χ2n) is 27.1. The van der Waals surface area contributed by atoms with Crippen LogP contribution in [0.1, 0.15) is 175 Å². The van der Waals surface area contributed by atoms with Crippen LogP contribution in [0.25, 0.3) is 0 Å². The molecule has 23 nitrogen and oxygen atoms in total. The van der Waals surface area contributed by atoms with Gasteiger partial charge in [0.05, 0.1) is 12.6 Å². The van der Waals surface area contributed by atoms with Crippen molar-refractivity contribution in [3.05, 3.63) is 12.2 Å². The Kier molecular flexibility index (Phi) is 33.7. The van der Waals surface area contributed by atoms with Crippen LogP contribution in [0.5, 0.6) is 0 Å². The second-order valence-corrected chi connectivity index (χ2v) is 27.1. The predicted octanol–water partition coefficient (Wildman–Crippen LogP) is 4.44. The summed E-state index contributed by atoms with van der Waals surface area (Å²) < 4.78 is 0. The fourth-order valence-electron chi connectivity index (χ4n) is 11.3. The number of carbonyl (C=O) groups excluding carboxylic acids is 11. The number of nitrogens with zero attached hydrogens (tertiary/aromatic N) is 7. The summed E-state index contributed by atoms with van der Waals surface area (Å²) in [4.78, 5) is 170. The van der Waals surface area contributed by atoms with Crippen LogP contribution < -0.4 is 21.3 Å². The van der Waals surface area contributed by atoms with E-state index in [1.807, 2.05) is 68.4 Å². The first-order valence-electron chi connectivity index (χ1n) is 32.1. The van der Waals surface area contributed by atoms with Crippen LogP contribution >= 0.6 is 0 Å². The summed E-state index contributed by atoms with van der Waals surface area (Å²) in [6, 6.07) is -12.3. The summed E-state index contributed by atoms with van der Waals surface area (Å²) in [6.45, 7) is 30.0. The summed E-state index contributed by atoms with van der Waals surface area (Å²) in [6.07, 6.45) is 4.40. The highest BCUT2D eigenvalue weighted by atomic mass is 16.3. The Balaban J connectivity index is 4.41. The average Bonchev–Trinajstić information content (AvgIpc) is 3.27. The molecule has 0 aliphatic carbocycles. The van der Waals surface area contributed by atoms with Crippen LogP contribution in [0.2, 0.25) is 0 Å². The Morgan fingerprint density at radius 2 is 0.932 bits per heavy atom. The smallest absolute Gasteiger partial charge is 0.246 e. The number of aliphatic hydroxyl groups is 1. The van der Waals surface area contributed by atoms with E-state index in [4.69, 9.17) is 0 Å². The Morgan fingerprint density at radius 1 is 0.477 bits per heavy atom. The highest BCUT2D eigenvalue weighted by Gasteiger charge is 2.46. The number of allylic oxidation sites excluding steroid dienone is 2. The van der Waals surface area contributed by atoms with Crippen molar-refractivity contribution >= 4 is 65.0 Å². The molecule has 504 valence electrons. The van der Waals surface area contributed by atoms with E-state index in [2.05, 4.69) is 21.3 Å². The fraction of sp³-hybridized carbons (Fsp3) is 0.800. The SMILES string of the molecule is C/C=C/C[C@@H](C)[C@@H](O)[C@H]1C(=O)N[C@@H](CC)C(=O)N(C)CC(=O)N(C)[C@@H](CCCC)C(=O)N[C@@H](C(C)C)C(=O)N(C)[C@@H](CC(C)C)C(=O)N[C@@H](CC(C)C)C(=O)N[C@H](C)C(=O)N(C)[C@@H](CC(C)C)C(=O)N(C)[C@@H](CC(C)C)C(=O)N(C)[C@@H](C(C)C)C(=O)N1C. The number of hydrogen-bond donors (Lipinski definition) is 5. The van der Waals surface area contributed by atoms with Crippen molar-refractivity contribution in [2.75, 3.05) is 55.9 Å². The van der Waals surface area contributed by atoms with Crippen LogP contribution in [-0.4, -0.2) is 227 Å². The topological polar surface area (TPSA) is 279 Å². The highest BCUT2D eigenvalue weighted by molar-refractivity contribution is 5.99. The standard InChI is InChI=1S/C65H117N11O12/c1-25-28-30-43(16)55(78)54-59(82)67-45(27-3)61(84)70(18)36-51(77)71(19)47(31-29-26-2)57(80)69-52(41(12)13)64(87)72(20)48(33-38(6)7)58(81)68-46(32-37(4)5)56(79)66-44(17)60(83)73(21)49(34-39(8)9)62(85)74(22)50(35-40(10)11)63(86)75(23)53(42(14)15)65(88)76(54)24/h25,28,37-50,52-55,78H,26-27,29-36H2,1-24H3,(H,66,79)(H,67,82)(H,68,81)(H,69,80)/b28-25+/t43-,44-,45+,46+,47+,48+,49+,50+,52+,53+,54+,55-/m1/s1. The molecule has 1 heterocycles. The van der Waals surface area contributed by atoms with Crippen LogP contribution in [0, 0.1) is 41.4 Å². The first kappa shape index (κ1) is 79.9. The monoisotopic (exact) mass is 1240 g/mol. The molecule has 1 fully saturated rings. The molecule has 23 heteroatoms. The van der Waals surface area contributed by atoms with Crippen molar-refractivity contribution in [2.45, 2.75) is 242 Å². The minimum atomic E-state index is -1.61. The van der Waals surface area contributed by atoms with Gasteiger partial charge in [0.25, 0.3) is 0 Å². The Hall–Kier alpha value is -6.13. The van der Waals surface area contributed by atoms with E-state index < -0.39 is 156 Å². The van der Waals surface area contributed by atoms with Crippen molar-refractivity contribution in [1.82, 2.24) is 55.6 Å². The van der Waals surface area contributed by atoms with Crippen LogP contribution in [-0.2, 0) is 52.7 Å². The molecule has 0 aromatic carbocycles. The van der Waals surface area contributed by atoms with Crippen molar-refractivity contribution in [1.29, 1.82) is 0 Å². The second kappa shape index (κ2) is 37.1. The van der Waals surface area contributed by atoms with Gasteiger partial charge in [0, 0.05) is 49.3 Å². The molecule has 5 N–H and O–H groups in total. The number of unbranched alkanes of at least 4 members (excludes halogenated alkanes) is 1. The van der Waals surface area contributed by atoms with E-state index in [0.29, 0.717) is 19.3 Å². The van der Waals surface area contributed by atoms with E-state index in [1.54, 1.807) is 54.5 Å². The van der Waals surface area contributed by atoms with Gasteiger partial charge in [-0.25, -0.2) is 0 Å². The zero-order valence-electron chi connectivity index (χ0n) is 58.2. The van der Waals surface area contributed by atoms with Crippen molar-refractivity contribution in [3.63, 3.8) is 0 Å². The summed E-state index contributed by atoms with van der Waals surface area (Å²) >= 11 is 0. The third-order valence-corrected chi connectivity index (χ3v) is 16.8. The molecule has 11 amide bonds. The van der Waals surface area contributed by atoms with Gasteiger partial charge in [-0.3, -0.25) is 52.7 Å². The van der Waals surface area contributed by atoms with E-state index >= 15 is 14.4 Å². The number of hydrogen-bond acceptors (Lipinski definition) is 12. The molecular formula is C65H117N11O12. The Labute approximate surface area is 527 Å². The largest absolute Gasteiger partial charge is 0.390 e. The molecule has 1 saturated heterocycles. The maximum absolute atomic E-state index is 15.2. The molecule has 1 aliphatic rings. The molecule has 1 rings (SSSR count). The van der Waals surface area contributed by atoms with Gasteiger partial charge < -0.3 is 60.7 Å². The molecule has 0 aromatic rings. The molecule has 0 unspecified atom stereocenters. The molecule has 0 saturated carbocycles. The molecule has 12 atom stereocenters. The van der Waals surface area contributed by atoms with Gasteiger partial charge in [-0.15, -0.1) is 0 Å². The summed E-state index contributed by atoms with van der Waals surface area (Å²) in [5, 5.41) is 23.4. The van der Waals surface area contributed by atoms with Crippen molar-refractivity contribution in [2.24, 2.45) is 41.4 Å². The maximum atomic E-state index is 15.2. The lowest BCUT2D eigenvalue weighted by Crippen LogP contribution is -2.63. The van der Waals surface area contributed by atoms with Crippen LogP contribution in [0.15, 0.2) is 12.2 Å². The molecule has 0 aromatic heterocycles. The molecule has 0 radical (unpaired) electrons. The fourth-order valence-corrected chi connectivity index (χ4v) is 11.3. The normalized spacial score (nSPS) is 26.4. The minimum Gasteiger partial charge on any atom is -0.390 e. The quantitative estimate of drug-likeness (QED) is 0.119. The van der Waals surface area contributed by atoms with Gasteiger partial charge in [-0.1, -0.05) is 129 Å². The molecule has 0 spiro atoms. The number of rotatable bonds is 18. The summed E-state index contributed by atoms with van der Waals surface area (Å²) in [7, 11) is 10.00. The van der Waals surface area contributed by atoms with Gasteiger partial charge >= 0.3 is 0 Å². The number of nitrogens with one attached hydrogen (secondary N) is 4. The van der Waals surface area contributed by atoms with E-state index in [-0.39, 0.29) is 62.2 Å². The average molecular weight is 1240 g/mol. The number of carbonyl (C=O) groups is 11. The van der Waals surface area contributed by atoms with Crippen molar-refractivity contribution in [3.8, 4) is 0 Å². The van der Waals surface area contributed by atoms with Gasteiger partial charge in [0.2, 0.25) is 65.0 Å². The summed E-state index contributed by atoms with van der Waals surface area (Å²) in [5.74, 6) is -9.57. The van der Waals surface area contributed by atoms with Gasteiger partial charge in [0.1, 0.15) is 60.4 Å². The van der Waals surface area contributed by atoms with Crippen molar-refractivity contribution < 1.29 is 57.8 Å². The minimum absolute atomic E-state index is 0.0255. The predicted molar refractivity (Wildman–Crippen MR) is 342 cm³/mol. The molecular weight excluding hydrogens is 1130 g/mol. The number of aliphatic hydroxyl groups excluding tert-OH is 1. The molecule has 88 heavy (non-hydrogen) atoms. The Bertz CT molecular complexity index is 2380. The number of likely N-dealkylation sites (N-methyl/N-ethyl adjacent to an activating group) is 7. The highest BCUT2D eigenvalue weighted by Crippen LogP contribution is 2.26. The lowest BCUT2D eigenvalue weighted by atomic mass is 9.91. The van der Waals surface area contributed by atoms with E-state index in [9.17, 15) is 43.5 Å². The van der Waals surface area contributed by atoms with Crippen LogP contribution in [0.4, 0.5) is 0 Å². The number of amides is 11. The summed E-state index contributed by atoms with van der Waals surface area (Å²) in [5.41, 5.74) is 0. The van der Waals surface area contributed by atoms with Crippen LogP contribution in [0.3, 0.4) is 0 Å². The zero-order valence-corrected chi connectivity index (χ0v) is 58.2. The molecule has 0 bridgehead atoms. The van der Waals surface area contributed by atoms with Gasteiger partial charge in [-0.05, 0) is 100 Å². The first-order chi connectivity index (χ1) is 40.7.